The molecule has 1 aromatic carbocycles. The monoisotopic (exact) mass is 394 g/mol. The molecule has 22 heavy (non-hydrogen) atoms. The van der Waals surface area contributed by atoms with E-state index in [0.29, 0.717) is 16.7 Å². The number of aromatic nitrogens is 1. The quantitative estimate of drug-likeness (QED) is 0.805. The number of hydrogen-bond acceptors (Lipinski definition) is 2. The van der Waals surface area contributed by atoms with Gasteiger partial charge in [0, 0.05) is 15.7 Å². The average Bonchev–Trinajstić information content (AvgIpc) is 2.42. The molecular weight excluding hydrogens is 389 g/mol. The normalized spacial score (nSPS) is 11.3. The lowest BCUT2D eigenvalue weighted by atomic mass is 10.2. The Morgan fingerprint density at radius 1 is 1.27 bits per heavy atom. The standard InChI is InChI=1S/C13H7BrClF3N2O2/c14-9-2-1-7(15)4-8(9)11(21)20-10-3-6(13(16,17)18)5-19-12(10)22/h1-5H,(H,19,22)(H,20,21). The third-order valence-electron chi connectivity index (χ3n) is 2.65. The molecule has 0 atom stereocenters. The summed E-state index contributed by atoms with van der Waals surface area (Å²) in [6.45, 7) is 0. The van der Waals surface area contributed by atoms with Gasteiger partial charge in [0.2, 0.25) is 0 Å². The molecule has 0 spiro atoms. The molecule has 0 bridgehead atoms. The van der Waals surface area contributed by atoms with Crippen molar-refractivity contribution in [3.63, 3.8) is 0 Å². The van der Waals surface area contributed by atoms with Crippen LogP contribution in [0.1, 0.15) is 15.9 Å². The minimum atomic E-state index is -4.64. The first-order valence-corrected chi connectivity index (χ1v) is 6.92. The molecule has 2 aromatic rings. The topological polar surface area (TPSA) is 62.0 Å². The van der Waals surface area contributed by atoms with Crippen LogP contribution >= 0.6 is 27.5 Å². The van der Waals surface area contributed by atoms with Gasteiger partial charge in [0.25, 0.3) is 11.5 Å². The highest BCUT2D eigenvalue weighted by Gasteiger charge is 2.31. The van der Waals surface area contributed by atoms with Crippen LogP contribution in [-0.2, 0) is 6.18 Å². The van der Waals surface area contributed by atoms with Crippen LogP contribution in [0.5, 0.6) is 0 Å². The Morgan fingerprint density at radius 2 is 1.95 bits per heavy atom. The van der Waals surface area contributed by atoms with Gasteiger partial charge in [-0.25, -0.2) is 0 Å². The number of carbonyl (C=O) groups is 1. The van der Waals surface area contributed by atoms with Gasteiger partial charge in [-0.1, -0.05) is 11.6 Å². The van der Waals surface area contributed by atoms with E-state index in [-0.39, 0.29) is 10.6 Å². The summed E-state index contributed by atoms with van der Waals surface area (Å²) in [4.78, 5) is 25.5. The Labute approximate surface area is 135 Å². The van der Waals surface area contributed by atoms with E-state index >= 15 is 0 Å². The van der Waals surface area contributed by atoms with Gasteiger partial charge in [0.1, 0.15) is 5.69 Å². The van der Waals surface area contributed by atoms with Gasteiger partial charge in [0.15, 0.2) is 0 Å². The molecule has 116 valence electrons. The lowest BCUT2D eigenvalue weighted by Crippen LogP contribution is -2.21. The van der Waals surface area contributed by atoms with E-state index in [1.54, 1.807) is 0 Å². The van der Waals surface area contributed by atoms with Crippen LogP contribution in [0.2, 0.25) is 5.02 Å². The first kappa shape index (κ1) is 16.6. The smallest absolute Gasteiger partial charge is 0.327 e. The number of carbonyl (C=O) groups excluding carboxylic acids is 1. The van der Waals surface area contributed by atoms with Crippen molar-refractivity contribution in [2.45, 2.75) is 6.18 Å². The summed E-state index contributed by atoms with van der Waals surface area (Å²) < 4.78 is 38.2. The molecule has 0 aliphatic heterocycles. The van der Waals surface area contributed by atoms with Crippen LogP contribution in [0.3, 0.4) is 0 Å². The molecule has 2 N–H and O–H groups in total. The van der Waals surface area contributed by atoms with E-state index in [1.165, 1.54) is 18.2 Å². The molecule has 2 rings (SSSR count). The van der Waals surface area contributed by atoms with Crippen molar-refractivity contribution in [2.24, 2.45) is 0 Å². The van der Waals surface area contributed by atoms with Crippen molar-refractivity contribution in [3.8, 4) is 0 Å². The Balaban J connectivity index is 2.36. The van der Waals surface area contributed by atoms with E-state index < -0.39 is 28.9 Å². The molecule has 1 aromatic heterocycles. The number of nitrogens with one attached hydrogen (secondary N) is 2. The summed E-state index contributed by atoms with van der Waals surface area (Å²) in [5.74, 6) is -0.765. The highest BCUT2D eigenvalue weighted by molar-refractivity contribution is 9.10. The molecule has 0 unspecified atom stereocenters. The summed E-state index contributed by atoms with van der Waals surface area (Å²) in [6.07, 6.45) is -4.10. The van der Waals surface area contributed by atoms with Crippen LogP contribution in [0.4, 0.5) is 18.9 Å². The molecule has 4 nitrogen and oxygen atoms in total. The maximum atomic E-state index is 12.6. The molecule has 0 radical (unpaired) electrons. The summed E-state index contributed by atoms with van der Waals surface area (Å²) in [7, 11) is 0. The van der Waals surface area contributed by atoms with Crippen LogP contribution < -0.4 is 10.9 Å². The molecule has 9 heteroatoms. The number of halogens is 5. The predicted octanol–water partition coefficient (Wildman–Crippen LogP) is 4.06. The fourth-order valence-electron chi connectivity index (χ4n) is 1.60. The van der Waals surface area contributed by atoms with E-state index in [4.69, 9.17) is 11.6 Å². The molecular formula is C13H7BrClF3N2O2. The van der Waals surface area contributed by atoms with Crippen LogP contribution in [-0.4, -0.2) is 10.9 Å². The van der Waals surface area contributed by atoms with Crippen LogP contribution in [0, 0.1) is 0 Å². The maximum Gasteiger partial charge on any atom is 0.417 e. The summed E-state index contributed by atoms with van der Waals surface area (Å²) >= 11 is 8.89. The zero-order chi connectivity index (χ0) is 16.5. The largest absolute Gasteiger partial charge is 0.417 e. The Bertz CT molecular complexity index is 790. The number of benzene rings is 1. The molecule has 0 aliphatic rings. The van der Waals surface area contributed by atoms with Gasteiger partial charge in [-0.2, -0.15) is 13.2 Å². The van der Waals surface area contributed by atoms with E-state index in [2.05, 4.69) is 21.2 Å². The highest BCUT2D eigenvalue weighted by Crippen LogP contribution is 2.29. The second-order valence-corrected chi connectivity index (χ2v) is 5.50. The maximum absolute atomic E-state index is 12.6. The van der Waals surface area contributed by atoms with Crippen molar-refractivity contribution < 1.29 is 18.0 Å². The number of hydrogen-bond donors (Lipinski definition) is 2. The average molecular weight is 396 g/mol. The summed E-state index contributed by atoms with van der Waals surface area (Å²) in [5, 5.41) is 2.41. The number of rotatable bonds is 2. The summed E-state index contributed by atoms with van der Waals surface area (Å²) in [5.41, 5.74) is -2.34. The number of pyridine rings is 1. The van der Waals surface area contributed by atoms with E-state index in [1.807, 2.05) is 4.98 Å². The van der Waals surface area contributed by atoms with E-state index in [9.17, 15) is 22.8 Å². The minimum absolute atomic E-state index is 0.0873. The number of H-pyrrole nitrogens is 1. The van der Waals surface area contributed by atoms with Crippen molar-refractivity contribution in [3.05, 3.63) is 61.4 Å². The Kier molecular flexibility index (Phi) is 4.62. The highest BCUT2D eigenvalue weighted by atomic mass is 79.9. The second-order valence-electron chi connectivity index (χ2n) is 4.21. The van der Waals surface area contributed by atoms with Crippen molar-refractivity contribution in [2.75, 3.05) is 5.32 Å². The number of alkyl halides is 3. The van der Waals surface area contributed by atoms with Crippen molar-refractivity contribution >= 4 is 39.1 Å². The van der Waals surface area contributed by atoms with Gasteiger partial charge >= 0.3 is 6.18 Å². The fraction of sp³-hybridized carbons (Fsp3) is 0.0769. The fourth-order valence-corrected chi connectivity index (χ4v) is 2.20. The lowest BCUT2D eigenvalue weighted by molar-refractivity contribution is -0.137. The van der Waals surface area contributed by atoms with Gasteiger partial charge in [0.05, 0.1) is 11.1 Å². The third kappa shape index (κ3) is 3.69. The lowest BCUT2D eigenvalue weighted by Gasteiger charge is -2.10. The SMILES string of the molecule is O=C(Nc1cc(C(F)(F)F)c[nH]c1=O)c1cc(Cl)ccc1Br. The van der Waals surface area contributed by atoms with Crippen LogP contribution in [0.15, 0.2) is 39.7 Å². The molecule has 0 saturated carbocycles. The molecule has 0 aliphatic carbocycles. The number of aromatic amines is 1. The van der Waals surface area contributed by atoms with Crippen molar-refractivity contribution in [1.82, 2.24) is 4.98 Å². The molecule has 1 amide bonds. The zero-order valence-corrected chi connectivity index (χ0v) is 12.9. The Hall–Kier alpha value is -1.80. The van der Waals surface area contributed by atoms with E-state index in [0.717, 1.165) is 0 Å². The first-order valence-electron chi connectivity index (χ1n) is 5.75. The molecule has 0 fully saturated rings. The molecule has 1 heterocycles. The van der Waals surface area contributed by atoms with Gasteiger partial charge < -0.3 is 10.3 Å². The Morgan fingerprint density at radius 3 is 2.59 bits per heavy atom. The third-order valence-corrected chi connectivity index (χ3v) is 3.58. The van der Waals surface area contributed by atoms with Crippen LogP contribution in [0.25, 0.3) is 0 Å². The number of anilines is 1. The summed E-state index contributed by atoms with van der Waals surface area (Å²) in [6, 6.07) is 4.92. The predicted molar refractivity (Wildman–Crippen MR) is 79.2 cm³/mol. The van der Waals surface area contributed by atoms with Gasteiger partial charge in [-0.05, 0) is 40.2 Å². The van der Waals surface area contributed by atoms with Gasteiger partial charge in [-0.3, -0.25) is 9.59 Å². The van der Waals surface area contributed by atoms with Gasteiger partial charge in [-0.15, -0.1) is 0 Å². The minimum Gasteiger partial charge on any atom is -0.327 e. The second kappa shape index (κ2) is 6.13. The van der Waals surface area contributed by atoms with Crippen molar-refractivity contribution in [1.29, 1.82) is 0 Å². The molecule has 0 saturated heterocycles. The zero-order valence-electron chi connectivity index (χ0n) is 10.6. The first-order chi connectivity index (χ1) is 10.2. The number of amides is 1.